The van der Waals surface area contributed by atoms with Crippen LogP contribution in [0.15, 0.2) is 18.2 Å². The summed E-state index contributed by atoms with van der Waals surface area (Å²) in [6.07, 6.45) is 0.123. The van der Waals surface area contributed by atoms with Crippen LogP contribution in [0.3, 0.4) is 0 Å². The van der Waals surface area contributed by atoms with E-state index >= 15 is 0 Å². The largest absolute Gasteiger partial charge is 0.465 e. The third kappa shape index (κ3) is 12.4. The molecule has 1 aromatic carbocycles. The second-order valence-electron chi connectivity index (χ2n) is 8.22. The van der Waals surface area contributed by atoms with Gasteiger partial charge in [-0.3, -0.25) is 14.4 Å². The summed E-state index contributed by atoms with van der Waals surface area (Å²) < 4.78 is 15.3. The first-order valence-corrected chi connectivity index (χ1v) is 10.2. The second kappa shape index (κ2) is 11.9. The number of esters is 3. The predicted octanol–water partition coefficient (Wildman–Crippen LogP) is 3.63. The van der Waals surface area contributed by atoms with Crippen LogP contribution in [0.2, 0.25) is 0 Å². The van der Waals surface area contributed by atoms with Gasteiger partial charge in [-0.1, -0.05) is 0 Å². The molecule has 0 saturated carbocycles. The quantitative estimate of drug-likeness (QED) is 0.347. The summed E-state index contributed by atoms with van der Waals surface area (Å²) in [4.78, 5) is 44.6. The zero-order valence-corrected chi connectivity index (χ0v) is 20.6. The molecule has 0 atom stereocenters. The van der Waals surface area contributed by atoms with E-state index in [0.29, 0.717) is 14.7 Å². The van der Waals surface area contributed by atoms with Gasteiger partial charge in [0, 0.05) is 9.13 Å². The van der Waals surface area contributed by atoms with Crippen molar-refractivity contribution in [2.75, 3.05) is 7.11 Å². The molecule has 0 aliphatic carbocycles. The van der Waals surface area contributed by atoms with Crippen LogP contribution in [0, 0.1) is 3.57 Å². The minimum Gasteiger partial charge on any atom is -0.465 e. The van der Waals surface area contributed by atoms with E-state index in [0.717, 1.165) is 0 Å². The van der Waals surface area contributed by atoms with E-state index in [1.165, 1.54) is 19.2 Å². The highest BCUT2D eigenvalue weighted by atomic mass is 127. The number of halogens is 1. The molecule has 1 aromatic rings. The van der Waals surface area contributed by atoms with Crippen molar-refractivity contribution >= 4 is 46.4 Å². The van der Waals surface area contributed by atoms with Gasteiger partial charge in [0.2, 0.25) is 5.91 Å². The zero-order chi connectivity index (χ0) is 23.7. The van der Waals surface area contributed by atoms with Crippen molar-refractivity contribution in [3.63, 3.8) is 0 Å². The van der Waals surface area contributed by atoms with Crippen LogP contribution in [-0.2, 0) is 23.8 Å². The molecule has 0 spiro atoms. The fourth-order valence-electron chi connectivity index (χ4n) is 1.93. The van der Waals surface area contributed by atoms with Crippen LogP contribution in [-0.4, -0.2) is 42.1 Å². The lowest BCUT2D eigenvalue weighted by atomic mass is 10.1. The Morgan fingerprint density at radius 3 is 1.63 bits per heavy atom. The number of amides is 1. The molecule has 0 aliphatic heterocycles. The molecular weight excluding hydrogens is 505 g/mol. The summed E-state index contributed by atoms with van der Waals surface area (Å²) in [7, 11) is 1.31. The molecule has 0 aliphatic rings. The highest BCUT2D eigenvalue weighted by molar-refractivity contribution is 14.1. The van der Waals surface area contributed by atoms with Crippen LogP contribution in [0.5, 0.6) is 0 Å². The van der Waals surface area contributed by atoms with Gasteiger partial charge in [0.25, 0.3) is 0 Å². The topological polar surface area (TPSA) is 122 Å². The smallest absolute Gasteiger partial charge is 0.338 e. The Balaban J connectivity index is 0.000000564. The summed E-state index contributed by atoms with van der Waals surface area (Å²) in [5.74, 6) is -1.69. The van der Waals surface area contributed by atoms with Crippen molar-refractivity contribution in [1.82, 2.24) is 0 Å². The lowest BCUT2D eigenvalue weighted by molar-refractivity contribution is -0.162. The lowest BCUT2D eigenvalue weighted by Gasteiger charge is -2.21. The first-order valence-electron chi connectivity index (χ1n) is 9.17. The maximum Gasteiger partial charge on any atom is 0.338 e. The normalized spacial score (nSPS) is 10.9. The number of methoxy groups -OCH3 is 1. The summed E-state index contributed by atoms with van der Waals surface area (Å²) in [6, 6.07) is 4.57. The molecule has 0 aromatic heterocycles. The number of benzene rings is 1. The van der Waals surface area contributed by atoms with Gasteiger partial charge in [-0.15, -0.1) is 0 Å². The first-order chi connectivity index (χ1) is 13.6. The van der Waals surface area contributed by atoms with Crippen molar-refractivity contribution in [3.05, 3.63) is 32.9 Å². The van der Waals surface area contributed by atoms with Crippen LogP contribution in [0.25, 0.3) is 0 Å². The number of hydrogen-bond acceptors (Lipinski definition) is 7. The van der Waals surface area contributed by atoms with Crippen molar-refractivity contribution in [1.29, 1.82) is 0 Å². The molecule has 2 N–H and O–H groups in total. The van der Waals surface area contributed by atoms with Crippen LogP contribution in [0.4, 0.5) is 0 Å². The van der Waals surface area contributed by atoms with Crippen LogP contribution < -0.4 is 5.73 Å². The Labute approximate surface area is 190 Å². The van der Waals surface area contributed by atoms with Crippen molar-refractivity contribution in [2.24, 2.45) is 5.73 Å². The Bertz CT molecular complexity index is 749. The number of ether oxygens (including phenoxy) is 3. The molecule has 0 unspecified atom stereocenters. The molecule has 168 valence electrons. The molecule has 0 radical (unpaired) electrons. The SMILES string of the molecule is CC(C)(C)OC(=O)CCC(=O)OC(C)(C)C.COC(=O)c1ccc(C(N)=O)cc1I. The number of primary amides is 1. The van der Waals surface area contributed by atoms with Crippen LogP contribution >= 0.6 is 22.6 Å². The van der Waals surface area contributed by atoms with Gasteiger partial charge >= 0.3 is 17.9 Å². The lowest BCUT2D eigenvalue weighted by Crippen LogP contribution is -2.26. The molecular formula is C21H30INO7. The minimum absolute atomic E-state index is 0.0617. The van der Waals surface area contributed by atoms with Gasteiger partial charge in [0.05, 0.1) is 25.5 Å². The fraction of sp³-hybridized carbons (Fsp3) is 0.524. The molecule has 1 rings (SSSR count). The molecule has 30 heavy (non-hydrogen) atoms. The average Bonchev–Trinajstić information content (AvgIpc) is 2.56. The minimum atomic E-state index is -0.515. The molecule has 0 saturated heterocycles. The second-order valence-corrected chi connectivity index (χ2v) is 9.39. The third-order valence-electron chi connectivity index (χ3n) is 3.03. The Morgan fingerprint density at radius 1 is 0.900 bits per heavy atom. The van der Waals surface area contributed by atoms with Crippen molar-refractivity contribution in [2.45, 2.75) is 65.6 Å². The molecule has 0 bridgehead atoms. The molecule has 0 heterocycles. The van der Waals surface area contributed by atoms with E-state index in [-0.39, 0.29) is 24.8 Å². The van der Waals surface area contributed by atoms with Gasteiger partial charge < -0.3 is 19.9 Å². The first kappa shape index (κ1) is 27.8. The Hall–Kier alpha value is -2.17. The summed E-state index contributed by atoms with van der Waals surface area (Å²) in [6.45, 7) is 10.7. The maximum absolute atomic E-state index is 11.3. The number of rotatable bonds is 5. The predicted molar refractivity (Wildman–Crippen MR) is 120 cm³/mol. The van der Waals surface area contributed by atoms with E-state index in [1.807, 2.05) is 22.6 Å². The van der Waals surface area contributed by atoms with Gasteiger partial charge in [-0.25, -0.2) is 4.79 Å². The van der Waals surface area contributed by atoms with E-state index in [1.54, 1.807) is 47.6 Å². The molecule has 9 heteroatoms. The highest BCUT2D eigenvalue weighted by Crippen LogP contribution is 2.15. The fourth-order valence-corrected chi connectivity index (χ4v) is 2.67. The van der Waals surface area contributed by atoms with Crippen molar-refractivity contribution < 1.29 is 33.4 Å². The number of carbonyl (C=O) groups excluding carboxylic acids is 4. The zero-order valence-electron chi connectivity index (χ0n) is 18.5. The standard InChI is InChI=1S/C12H22O4.C9H8INO3/c1-11(2,3)15-9(13)7-8-10(14)16-12(4,5)6;1-14-9(13)6-3-2-5(8(11)12)4-7(6)10/h7-8H2,1-6H3;2-4H,1H3,(H2,11,12). The van der Waals surface area contributed by atoms with Gasteiger partial charge in [0.15, 0.2) is 0 Å². The van der Waals surface area contributed by atoms with Crippen LogP contribution in [0.1, 0.15) is 75.1 Å². The molecule has 8 nitrogen and oxygen atoms in total. The van der Waals surface area contributed by atoms with Gasteiger partial charge in [-0.2, -0.15) is 0 Å². The number of nitrogens with two attached hydrogens (primary N) is 1. The molecule has 1 amide bonds. The van der Waals surface area contributed by atoms with E-state index in [2.05, 4.69) is 4.74 Å². The van der Waals surface area contributed by atoms with Gasteiger partial charge in [-0.05, 0) is 82.3 Å². The summed E-state index contributed by atoms with van der Waals surface area (Å²) >= 11 is 1.95. The Morgan fingerprint density at radius 2 is 1.33 bits per heavy atom. The van der Waals surface area contributed by atoms with Gasteiger partial charge in [0.1, 0.15) is 11.2 Å². The maximum atomic E-state index is 11.3. The third-order valence-corrected chi connectivity index (χ3v) is 3.92. The summed E-state index contributed by atoms with van der Waals surface area (Å²) in [5.41, 5.74) is 4.87. The average molecular weight is 535 g/mol. The summed E-state index contributed by atoms with van der Waals surface area (Å²) in [5, 5.41) is 0. The Kier molecular flexibility index (Phi) is 11.0. The monoisotopic (exact) mass is 535 g/mol. The molecule has 0 fully saturated rings. The van der Waals surface area contributed by atoms with E-state index in [4.69, 9.17) is 15.2 Å². The number of hydrogen-bond donors (Lipinski definition) is 1. The van der Waals surface area contributed by atoms with E-state index in [9.17, 15) is 19.2 Å². The van der Waals surface area contributed by atoms with Crippen molar-refractivity contribution in [3.8, 4) is 0 Å². The van der Waals surface area contributed by atoms with E-state index < -0.39 is 23.1 Å². The highest BCUT2D eigenvalue weighted by Gasteiger charge is 2.20. The number of carbonyl (C=O) groups is 4.